The smallest absolute Gasteiger partial charge is 0.192 e. The third kappa shape index (κ3) is 3.09. The van der Waals surface area contributed by atoms with Crippen molar-refractivity contribution in [3.8, 4) is 0 Å². The van der Waals surface area contributed by atoms with E-state index in [1.165, 1.54) is 5.56 Å². The monoisotopic (exact) mass is 247 g/mol. The zero-order valence-electron chi connectivity index (χ0n) is 11.5. The molecule has 0 aliphatic rings. The molecule has 2 aromatic rings. The second kappa shape index (κ2) is 5.08. The molecule has 0 aliphatic carbocycles. The molecule has 0 unspecified atom stereocenters. The molecule has 1 aromatic heterocycles. The van der Waals surface area contributed by atoms with E-state index in [0.717, 1.165) is 24.2 Å². The second-order valence-corrected chi connectivity index (χ2v) is 5.27. The SMILES string of the molecule is CNC(C)(C)CNCc1ccc2nc(C)oc2c1. The van der Waals surface area contributed by atoms with Crippen molar-refractivity contribution in [2.45, 2.75) is 32.9 Å². The number of rotatable bonds is 5. The highest BCUT2D eigenvalue weighted by Gasteiger charge is 2.13. The minimum absolute atomic E-state index is 0.104. The number of likely N-dealkylation sites (N-methyl/N-ethyl adjacent to an activating group) is 1. The number of aryl methyl sites for hydroxylation is 1. The average Bonchev–Trinajstić information content (AvgIpc) is 2.68. The zero-order chi connectivity index (χ0) is 13.2. The highest BCUT2D eigenvalue weighted by Crippen LogP contribution is 2.16. The van der Waals surface area contributed by atoms with E-state index in [1.54, 1.807) is 0 Å². The molecule has 0 atom stereocenters. The van der Waals surface area contributed by atoms with E-state index < -0.39 is 0 Å². The molecule has 0 saturated carbocycles. The van der Waals surface area contributed by atoms with E-state index in [1.807, 2.05) is 20.0 Å². The molecule has 0 saturated heterocycles. The van der Waals surface area contributed by atoms with Gasteiger partial charge in [-0.3, -0.25) is 0 Å². The lowest BCUT2D eigenvalue weighted by atomic mass is 10.1. The number of benzene rings is 1. The van der Waals surface area contributed by atoms with Gasteiger partial charge in [0.25, 0.3) is 0 Å². The van der Waals surface area contributed by atoms with Crippen molar-refractivity contribution in [3.63, 3.8) is 0 Å². The summed E-state index contributed by atoms with van der Waals surface area (Å²) in [5.74, 6) is 0.714. The van der Waals surface area contributed by atoms with Gasteiger partial charge in [0.05, 0.1) is 0 Å². The van der Waals surface area contributed by atoms with Gasteiger partial charge in [-0.25, -0.2) is 4.98 Å². The van der Waals surface area contributed by atoms with E-state index in [0.29, 0.717) is 5.89 Å². The van der Waals surface area contributed by atoms with Crippen LogP contribution in [-0.2, 0) is 6.54 Å². The van der Waals surface area contributed by atoms with Gasteiger partial charge in [-0.05, 0) is 38.6 Å². The molecule has 0 amide bonds. The maximum atomic E-state index is 5.53. The van der Waals surface area contributed by atoms with Crippen LogP contribution in [0.5, 0.6) is 0 Å². The second-order valence-electron chi connectivity index (χ2n) is 5.27. The molecule has 18 heavy (non-hydrogen) atoms. The maximum Gasteiger partial charge on any atom is 0.192 e. The van der Waals surface area contributed by atoms with Gasteiger partial charge in [-0.1, -0.05) is 6.07 Å². The molecule has 1 heterocycles. The third-order valence-corrected chi connectivity index (χ3v) is 3.13. The molecule has 0 aliphatic heterocycles. The first-order valence-electron chi connectivity index (χ1n) is 6.26. The molecular formula is C14H21N3O. The Balaban J connectivity index is 1.99. The summed E-state index contributed by atoms with van der Waals surface area (Å²) < 4.78 is 5.53. The Morgan fingerprint density at radius 2 is 2.11 bits per heavy atom. The Morgan fingerprint density at radius 3 is 2.83 bits per heavy atom. The van der Waals surface area contributed by atoms with E-state index in [2.05, 4.69) is 41.6 Å². The molecule has 98 valence electrons. The van der Waals surface area contributed by atoms with E-state index in [4.69, 9.17) is 4.42 Å². The van der Waals surface area contributed by atoms with Crippen molar-refractivity contribution in [2.24, 2.45) is 0 Å². The summed E-state index contributed by atoms with van der Waals surface area (Å²) >= 11 is 0. The number of nitrogens with one attached hydrogen (secondary N) is 2. The molecule has 0 fully saturated rings. The summed E-state index contributed by atoms with van der Waals surface area (Å²) in [6, 6.07) is 6.14. The van der Waals surface area contributed by atoms with Gasteiger partial charge in [-0.15, -0.1) is 0 Å². The number of nitrogens with zero attached hydrogens (tertiary/aromatic N) is 1. The number of aromatic nitrogens is 1. The summed E-state index contributed by atoms with van der Waals surface area (Å²) in [7, 11) is 1.98. The first-order valence-corrected chi connectivity index (χ1v) is 6.26. The third-order valence-electron chi connectivity index (χ3n) is 3.13. The summed E-state index contributed by atoms with van der Waals surface area (Å²) in [6.07, 6.45) is 0. The highest BCUT2D eigenvalue weighted by molar-refractivity contribution is 5.73. The van der Waals surface area contributed by atoms with Gasteiger partial charge in [0.1, 0.15) is 5.52 Å². The summed E-state index contributed by atoms with van der Waals surface area (Å²) in [4.78, 5) is 4.29. The van der Waals surface area contributed by atoms with Crippen molar-refractivity contribution in [2.75, 3.05) is 13.6 Å². The van der Waals surface area contributed by atoms with Crippen LogP contribution in [0.3, 0.4) is 0 Å². The van der Waals surface area contributed by atoms with Crippen molar-refractivity contribution in [3.05, 3.63) is 29.7 Å². The van der Waals surface area contributed by atoms with Crippen LogP contribution in [0.25, 0.3) is 11.1 Å². The lowest BCUT2D eigenvalue weighted by Gasteiger charge is -2.24. The quantitative estimate of drug-likeness (QED) is 0.850. The Hall–Kier alpha value is -1.39. The van der Waals surface area contributed by atoms with Crippen molar-refractivity contribution < 1.29 is 4.42 Å². The maximum absolute atomic E-state index is 5.53. The predicted molar refractivity (Wildman–Crippen MR) is 73.6 cm³/mol. The Labute approximate surface area is 108 Å². The molecule has 0 radical (unpaired) electrons. The zero-order valence-corrected chi connectivity index (χ0v) is 11.5. The van der Waals surface area contributed by atoms with Gasteiger partial charge in [0.15, 0.2) is 11.5 Å². The van der Waals surface area contributed by atoms with Crippen LogP contribution in [-0.4, -0.2) is 24.1 Å². The molecule has 0 bridgehead atoms. The van der Waals surface area contributed by atoms with Gasteiger partial charge in [-0.2, -0.15) is 0 Å². The lowest BCUT2D eigenvalue weighted by Crippen LogP contribution is -2.45. The first-order chi connectivity index (χ1) is 8.50. The molecule has 4 heteroatoms. The van der Waals surface area contributed by atoms with Crippen LogP contribution in [0.4, 0.5) is 0 Å². The molecule has 2 N–H and O–H groups in total. The fraction of sp³-hybridized carbons (Fsp3) is 0.500. The normalized spacial score (nSPS) is 12.2. The fourth-order valence-corrected chi connectivity index (χ4v) is 1.80. The van der Waals surface area contributed by atoms with Crippen LogP contribution in [0.2, 0.25) is 0 Å². The van der Waals surface area contributed by atoms with E-state index in [-0.39, 0.29) is 5.54 Å². The van der Waals surface area contributed by atoms with Gasteiger partial charge >= 0.3 is 0 Å². The highest BCUT2D eigenvalue weighted by atomic mass is 16.3. The van der Waals surface area contributed by atoms with Crippen LogP contribution in [0, 0.1) is 6.92 Å². The first kappa shape index (κ1) is 13.1. The van der Waals surface area contributed by atoms with Gasteiger partial charge in [0, 0.05) is 25.6 Å². The molecule has 2 rings (SSSR count). The van der Waals surface area contributed by atoms with Crippen molar-refractivity contribution >= 4 is 11.1 Å². The fourth-order valence-electron chi connectivity index (χ4n) is 1.80. The van der Waals surface area contributed by atoms with Crippen LogP contribution in [0.15, 0.2) is 22.6 Å². The van der Waals surface area contributed by atoms with Crippen LogP contribution < -0.4 is 10.6 Å². The molecule has 1 aromatic carbocycles. The standard InChI is InChI=1S/C14H21N3O/c1-10-17-12-6-5-11(7-13(12)18-10)8-16-9-14(2,3)15-4/h5-7,15-16H,8-9H2,1-4H3. The lowest BCUT2D eigenvalue weighted by molar-refractivity contribution is 0.393. The summed E-state index contributed by atoms with van der Waals surface area (Å²) in [6.45, 7) is 7.96. The van der Waals surface area contributed by atoms with Gasteiger partial charge in [0.2, 0.25) is 0 Å². The topological polar surface area (TPSA) is 50.1 Å². The predicted octanol–water partition coefficient (Wildman–Crippen LogP) is 2.22. The summed E-state index contributed by atoms with van der Waals surface area (Å²) in [5.41, 5.74) is 3.10. The Morgan fingerprint density at radius 1 is 1.33 bits per heavy atom. The van der Waals surface area contributed by atoms with Crippen LogP contribution >= 0.6 is 0 Å². The van der Waals surface area contributed by atoms with Crippen molar-refractivity contribution in [1.29, 1.82) is 0 Å². The average molecular weight is 247 g/mol. The molecular weight excluding hydrogens is 226 g/mol. The Kier molecular flexibility index (Phi) is 3.68. The summed E-state index contributed by atoms with van der Waals surface area (Å²) in [5, 5.41) is 6.71. The number of hydrogen-bond acceptors (Lipinski definition) is 4. The molecule has 4 nitrogen and oxygen atoms in total. The number of fused-ring (bicyclic) bond motifs is 1. The largest absolute Gasteiger partial charge is 0.441 e. The van der Waals surface area contributed by atoms with Crippen LogP contribution in [0.1, 0.15) is 25.3 Å². The number of oxazole rings is 1. The van der Waals surface area contributed by atoms with Crippen molar-refractivity contribution in [1.82, 2.24) is 15.6 Å². The minimum Gasteiger partial charge on any atom is -0.441 e. The molecule has 0 spiro atoms. The van der Waals surface area contributed by atoms with E-state index >= 15 is 0 Å². The van der Waals surface area contributed by atoms with Gasteiger partial charge < -0.3 is 15.1 Å². The Bertz CT molecular complexity index is 531. The number of hydrogen-bond donors (Lipinski definition) is 2. The van der Waals surface area contributed by atoms with E-state index in [9.17, 15) is 0 Å². The minimum atomic E-state index is 0.104.